The average molecular weight is 282 g/mol. The predicted octanol–water partition coefficient (Wildman–Crippen LogP) is 3.86. The van der Waals surface area contributed by atoms with Crippen molar-refractivity contribution in [3.8, 4) is 0 Å². The lowest BCUT2D eigenvalue weighted by atomic mass is 9.98. The molecular formula is C15H26N2OS. The number of fused-ring (bicyclic) bond motifs is 1. The highest BCUT2D eigenvalue weighted by Gasteiger charge is 2.27. The quantitative estimate of drug-likeness (QED) is 0.860. The van der Waals surface area contributed by atoms with Gasteiger partial charge in [0.2, 0.25) is 0 Å². The largest absolute Gasteiger partial charge is 0.374 e. The van der Waals surface area contributed by atoms with Gasteiger partial charge in [0.15, 0.2) is 0 Å². The topological polar surface area (TPSA) is 34.2 Å². The van der Waals surface area contributed by atoms with Gasteiger partial charge in [-0.05, 0) is 38.1 Å². The summed E-state index contributed by atoms with van der Waals surface area (Å²) in [6.07, 6.45) is 4.95. The molecule has 2 atom stereocenters. The fourth-order valence-electron chi connectivity index (χ4n) is 2.73. The second-order valence-corrected chi connectivity index (χ2v) is 6.72. The van der Waals surface area contributed by atoms with Crippen LogP contribution in [-0.2, 0) is 11.2 Å². The number of nitrogens with one attached hydrogen (secondary N) is 1. The Bertz CT molecular complexity index is 403. The second-order valence-electron chi connectivity index (χ2n) is 5.66. The fourth-order valence-corrected chi connectivity index (χ4v) is 4.21. The Labute approximate surface area is 120 Å². The molecule has 108 valence electrons. The van der Waals surface area contributed by atoms with Gasteiger partial charge in [-0.1, -0.05) is 20.8 Å². The van der Waals surface area contributed by atoms with Gasteiger partial charge in [-0.25, -0.2) is 4.98 Å². The maximum atomic E-state index is 5.62. The molecule has 1 aromatic heterocycles. The molecule has 0 aromatic carbocycles. The Balaban J connectivity index is 2.20. The van der Waals surface area contributed by atoms with E-state index < -0.39 is 0 Å². The molecule has 19 heavy (non-hydrogen) atoms. The van der Waals surface area contributed by atoms with Crippen molar-refractivity contribution < 1.29 is 4.74 Å². The second kappa shape index (κ2) is 6.82. The van der Waals surface area contributed by atoms with Gasteiger partial charge in [0, 0.05) is 18.0 Å². The van der Waals surface area contributed by atoms with Crippen LogP contribution >= 0.6 is 11.3 Å². The zero-order valence-electron chi connectivity index (χ0n) is 12.5. The van der Waals surface area contributed by atoms with Gasteiger partial charge in [0.25, 0.3) is 0 Å². The summed E-state index contributed by atoms with van der Waals surface area (Å²) in [6.45, 7) is 7.70. The van der Waals surface area contributed by atoms with Gasteiger partial charge < -0.3 is 10.1 Å². The van der Waals surface area contributed by atoms with Crippen LogP contribution in [0.2, 0.25) is 0 Å². The van der Waals surface area contributed by atoms with Crippen molar-refractivity contribution in [1.29, 1.82) is 0 Å². The lowest BCUT2D eigenvalue weighted by molar-refractivity contribution is 0.0643. The van der Waals surface area contributed by atoms with Gasteiger partial charge in [0.1, 0.15) is 11.1 Å². The SMILES string of the molecule is CCCNC1CCCc2nc(C(OC)C(C)C)sc21. The molecule has 0 spiro atoms. The molecule has 0 saturated heterocycles. The van der Waals surface area contributed by atoms with E-state index >= 15 is 0 Å². The number of aromatic nitrogens is 1. The Morgan fingerprint density at radius 1 is 1.47 bits per heavy atom. The summed E-state index contributed by atoms with van der Waals surface area (Å²) in [6, 6.07) is 0.514. The van der Waals surface area contributed by atoms with Crippen molar-refractivity contribution in [2.24, 2.45) is 5.92 Å². The molecule has 1 aliphatic carbocycles. The third-order valence-corrected chi connectivity index (χ3v) is 4.98. The maximum absolute atomic E-state index is 5.62. The predicted molar refractivity (Wildman–Crippen MR) is 80.7 cm³/mol. The number of aryl methyl sites for hydroxylation is 1. The molecule has 1 N–H and O–H groups in total. The minimum absolute atomic E-state index is 0.141. The number of hydrogen-bond acceptors (Lipinski definition) is 4. The molecule has 1 heterocycles. The van der Waals surface area contributed by atoms with Gasteiger partial charge in [0.05, 0.1) is 5.69 Å². The summed E-state index contributed by atoms with van der Waals surface area (Å²) in [5.74, 6) is 0.472. The summed E-state index contributed by atoms with van der Waals surface area (Å²) in [5.41, 5.74) is 1.31. The highest BCUT2D eigenvalue weighted by atomic mass is 32.1. The zero-order chi connectivity index (χ0) is 13.8. The third-order valence-electron chi connectivity index (χ3n) is 3.71. The number of methoxy groups -OCH3 is 1. The van der Waals surface area contributed by atoms with Crippen LogP contribution in [0.5, 0.6) is 0 Å². The van der Waals surface area contributed by atoms with Crippen molar-refractivity contribution in [1.82, 2.24) is 10.3 Å². The monoisotopic (exact) mass is 282 g/mol. The highest BCUT2D eigenvalue weighted by Crippen LogP contribution is 2.38. The summed E-state index contributed by atoms with van der Waals surface area (Å²) in [7, 11) is 1.79. The summed E-state index contributed by atoms with van der Waals surface area (Å²) in [4.78, 5) is 6.31. The minimum atomic E-state index is 0.141. The Kier molecular flexibility index (Phi) is 5.37. The molecule has 0 aliphatic heterocycles. The van der Waals surface area contributed by atoms with Crippen molar-refractivity contribution in [2.75, 3.05) is 13.7 Å². The number of nitrogens with zero attached hydrogens (tertiary/aromatic N) is 1. The van der Waals surface area contributed by atoms with Crippen molar-refractivity contribution >= 4 is 11.3 Å². The fraction of sp³-hybridized carbons (Fsp3) is 0.800. The number of thiazole rings is 1. The van der Waals surface area contributed by atoms with E-state index in [9.17, 15) is 0 Å². The maximum Gasteiger partial charge on any atom is 0.122 e. The average Bonchev–Trinajstić information content (AvgIpc) is 2.80. The molecule has 4 heteroatoms. The van der Waals surface area contributed by atoms with Crippen LogP contribution in [0.3, 0.4) is 0 Å². The van der Waals surface area contributed by atoms with Crippen LogP contribution in [0, 0.1) is 5.92 Å². The first kappa shape index (κ1) is 14.9. The van der Waals surface area contributed by atoms with Crippen LogP contribution in [0.4, 0.5) is 0 Å². The van der Waals surface area contributed by atoms with E-state index in [1.165, 1.54) is 29.8 Å². The first-order valence-corrected chi connectivity index (χ1v) is 8.24. The van der Waals surface area contributed by atoms with Crippen LogP contribution in [0.1, 0.15) is 67.8 Å². The lowest BCUT2D eigenvalue weighted by Gasteiger charge is -2.22. The van der Waals surface area contributed by atoms with Crippen molar-refractivity contribution in [3.05, 3.63) is 15.6 Å². The van der Waals surface area contributed by atoms with Gasteiger partial charge in [-0.2, -0.15) is 0 Å². The molecule has 3 nitrogen and oxygen atoms in total. The summed E-state index contributed by atoms with van der Waals surface area (Å²) in [5, 5.41) is 4.82. The van der Waals surface area contributed by atoms with E-state index in [1.54, 1.807) is 7.11 Å². The van der Waals surface area contributed by atoms with E-state index in [0.29, 0.717) is 12.0 Å². The molecular weight excluding hydrogens is 256 g/mol. The molecule has 2 rings (SSSR count). The highest BCUT2D eigenvalue weighted by molar-refractivity contribution is 7.11. The molecule has 0 fully saturated rings. The number of rotatable bonds is 6. The normalized spacial score (nSPS) is 20.6. The first-order chi connectivity index (χ1) is 9.17. The minimum Gasteiger partial charge on any atom is -0.374 e. The molecule has 1 aliphatic rings. The summed E-state index contributed by atoms with van der Waals surface area (Å²) < 4.78 is 5.62. The Morgan fingerprint density at radius 2 is 2.26 bits per heavy atom. The molecule has 1 aromatic rings. The molecule has 0 radical (unpaired) electrons. The third kappa shape index (κ3) is 3.36. The van der Waals surface area contributed by atoms with Gasteiger partial charge >= 0.3 is 0 Å². The zero-order valence-corrected chi connectivity index (χ0v) is 13.3. The van der Waals surface area contributed by atoms with E-state index in [1.807, 2.05) is 11.3 Å². The van der Waals surface area contributed by atoms with Crippen LogP contribution in [0.25, 0.3) is 0 Å². The molecule has 2 unspecified atom stereocenters. The molecule has 0 saturated carbocycles. The van der Waals surface area contributed by atoms with E-state index in [2.05, 4.69) is 26.1 Å². The number of hydrogen-bond donors (Lipinski definition) is 1. The lowest BCUT2D eigenvalue weighted by Crippen LogP contribution is -2.24. The Morgan fingerprint density at radius 3 is 2.89 bits per heavy atom. The summed E-state index contributed by atoms with van der Waals surface area (Å²) >= 11 is 1.86. The van der Waals surface area contributed by atoms with Crippen LogP contribution in [-0.4, -0.2) is 18.6 Å². The van der Waals surface area contributed by atoms with Crippen molar-refractivity contribution in [3.63, 3.8) is 0 Å². The number of ether oxygens (including phenoxy) is 1. The van der Waals surface area contributed by atoms with E-state index in [-0.39, 0.29) is 6.10 Å². The Hall–Kier alpha value is -0.450. The van der Waals surface area contributed by atoms with Gasteiger partial charge in [-0.15, -0.1) is 11.3 Å². The molecule has 0 bridgehead atoms. The molecule has 0 amide bonds. The first-order valence-electron chi connectivity index (χ1n) is 7.43. The van der Waals surface area contributed by atoms with Crippen LogP contribution in [0.15, 0.2) is 0 Å². The van der Waals surface area contributed by atoms with Crippen molar-refractivity contribution in [2.45, 2.75) is 58.6 Å². The van der Waals surface area contributed by atoms with Gasteiger partial charge in [-0.3, -0.25) is 0 Å². The van der Waals surface area contributed by atoms with Crippen LogP contribution < -0.4 is 5.32 Å². The van der Waals surface area contributed by atoms with E-state index in [0.717, 1.165) is 18.0 Å². The van der Waals surface area contributed by atoms with E-state index in [4.69, 9.17) is 9.72 Å². The standard InChI is InChI=1S/C15H26N2OS/c1-5-9-16-11-7-6-8-12-14(11)19-15(17-12)13(18-4)10(2)3/h10-11,13,16H,5-9H2,1-4H3. The smallest absolute Gasteiger partial charge is 0.122 e.